The molecule has 0 unspecified atom stereocenters. The molecule has 0 aromatic heterocycles. The highest BCUT2D eigenvalue weighted by Crippen LogP contribution is 2.33. The molecule has 0 N–H and O–H groups in total. The normalized spacial score (nSPS) is 12.0. The molecule has 26 heavy (non-hydrogen) atoms. The van der Waals surface area contributed by atoms with Crippen molar-refractivity contribution in [1.82, 2.24) is 0 Å². The van der Waals surface area contributed by atoms with Crippen molar-refractivity contribution in [3.8, 4) is 11.5 Å². The molecule has 0 saturated carbocycles. The second-order valence-electron chi connectivity index (χ2n) is 5.57. The van der Waals surface area contributed by atoms with Crippen molar-refractivity contribution >= 4 is 60.1 Å². The van der Waals surface area contributed by atoms with Crippen LogP contribution in [0.3, 0.4) is 0 Å². The number of thioether (sulfide) groups is 1. The molecule has 142 valence electrons. The van der Waals surface area contributed by atoms with Crippen LogP contribution >= 0.6 is 34.4 Å². The second-order valence-corrected chi connectivity index (χ2v) is 11.5. The van der Waals surface area contributed by atoms with Gasteiger partial charge in [-0.05, 0) is 77.7 Å². The van der Waals surface area contributed by atoms with Crippen LogP contribution in [-0.2, 0) is 20.0 Å². The number of halogens is 1. The highest BCUT2D eigenvalue weighted by Gasteiger charge is 2.27. The molecule has 2 rings (SSSR count). The maximum absolute atomic E-state index is 11.9. The first kappa shape index (κ1) is 21.3. The quantitative estimate of drug-likeness (QED) is 0.420. The van der Waals surface area contributed by atoms with Crippen molar-refractivity contribution in [2.45, 2.75) is 11.8 Å². The van der Waals surface area contributed by atoms with Gasteiger partial charge < -0.3 is 4.74 Å². The van der Waals surface area contributed by atoms with Crippen LogP contribution in [0.1, 0.15) is 5.56 Å². The summed E-state index contributed by atoms with van der Waals surface area (Å²) in [6.07, 6.45) is 3.70. The molecule has 0 saturated heterocycles. The van der Waals surface area contributed by atoms with Gasteiger partial charge in [-0.3, -0.25) is 0 Å². The SMILES string of the molecule is CSc1ccc(Oc2ccc(N(S(C)(=O)=O)S(C)(=O)=O)cc2I)cc1C. The van der Waals surface area contributed by atoms with Gasteiger partial charge in [0.05, 0.1) is 21.8 Å². The maximum Gasteiger partial charge on any atom is 0.245 e. The lowest BCUT2D eigenvalue weighted by molar-refractivity contribution is 0.478. The van der Waals surface area contributed by atoms with E-state index in [1.807, 2.05) is 54.0 Å². The number of benzene rings is 2. The average molecular weight is 527 g/mol. The van der Waals surface area contributed by atoms with E-state index in [4.69, 9.17) is 4.74 Å². The standard InChI is InChI=1S/C16H18INO5S3/c1-11-9-13(6-8-16(11)24-2)23-15-7-5-12(10-14(15)17)18(25(3,19)20)26(4,21)22/h5-10H,1-4H3. The van der Waals surface area contributed by atoms with Crippen LogP contribution in [-0.4, -0.2) is 35.6 Å². The number of hydrogen-bond donors (Lipinski definition) is 0. The lowest BCUT2D eigenvalue weighted by Crippen LogP contribution is -2.35. The Bertz CT molecular complexity index is 1000. The summed E-state index contributed by atoms with van der Waals surface area (Å²) in [5, 5.41) is 0. The van der Waals surface area contributed by atoms with Crippen molar-refractivity contribution in [2.24, 2.45) is 0 Å². The first-order valence-electron chi connectivity index (χ1n) is 7.26. The molecular weight excluding hydrogens is 509 g/mol. The van der Waals surface area contributed by atoms with Gasteiger partial charge in [0, 0.05) is 4.90 Å². The van der Waals surface area contributed by atoms with Gasteiger partial charge in [0.15, 0.2) is 0 Å². The van der Waals surface area contributed by atoms with E-state index in [-0.39, 0.29) is 5.69 Å². The third kappa shape index (κ3) is 5.05. The van der Waals surface area contributed by atoms with Crippen LogP contribution < -0.4 is 8.45 Å². The van der Waals surface area contributed by atoms with Gasteiger partial charge in [0.2, 0.25) is 20.0 Å². The fraction of sp³-hybridized carbons (Fsp3) is 0.250. The van der Waals surface area contributed by atoms with Gasteiger partial charge >= 0.3 is 0 Å². The lowest BCUT2D eigenvalue weighted by Gasteiger charge is -2.20. The van der Waals surface area contributed by atoms with Gasteiger partial charge in [-0.1, -0.05) is 0 Å². The Hall–Kier alpha value is -0.980. The molecule has 0 heterocycles. The van der Waals surface area contributed by atoms with E-state index < -0.39 is 20.0 Å². The highest BCUT2D eigenvalue weighted by molar-refractivity contribution is 14.1. The molecular formula is C16H18INO5S3. The highest BCUT2D eigenvalue weighted by atomic mass is 127. The van der Waals surface area contributed by atoms with Gasteiger partial charge in [-0.15, -0.1) is 11.8 Å². The molecule has 0 aliphatic rings. The lowest BCUT2D eigenvalue weighted by atomic mass is 10.2. The third-order valence-corrected chi connectivity index (χ3v) is 8.31. The monoisotopic (exact) mass is 527 g/mol. The minimum Gasteiger partial charge on any atom is -0.456 e. The maximum atomic E-state index is 11.9. The van der Waals surface area contributed by atoms with Crippen molar-refractivity contribution in [3.63, 3.8) is 0 Å². The van der Waals surface area contributed by atoms with Crippen molar-refractivity contribution in [3.05, 3.63) is 45.5 Å². The first-order valence-corrected chi connectivity index (χ1v) is 13.3. The number of ether oxygens (including phenoxy) is 1. The number of hydrogen-bond acceptors (Lipinski definition) is 6. The fourth-order valence-electron chi connectivity index (χ4n) is 2.36. The molecule has 2 aromatic carbocycles. The summed E-state index contributed by atoms with van der Waals surface area (Å²) in [5.41, 5.74) is 1.13. The summed E-state index contributed by atoms with van der Waals surface area (Å²) in [6.45, 7) is 1.99. The molecule has 0 aliphatic carbocycles. The van der Waals surface area contributed by atoms with E-state index in [1.54, 1.807) is 17.8 Å². The third-order valence-electron chi connectivity index (χ3n) is 3.32. The summed E-state index contributed by atoms with van der Waals surface area (Å²) >= 11 is 3.63. The van der Waals surface area contributed by atoms with E-state index >= 15 is 0 Å². The van der Waals surface area contributed by atoms with Crippen molar-refractivity contribution < 1.29 is 21.6 Å². The zero-order valence-corrected chi connectivity index (χ0v) is 19.2. The van der Waals surface area contributed by atoms with Gasteiger partial charge in [-0.25, -0.2) is 16.8 Å². The Morgan fingerprint density at radius 1 is 1.00 bits per heavy atom. The van der Waals surface area contributed by atoms with Gasteiger partial charge in [0.1, 0.15) is 11.5 Å². The molecule has 10 heteroatoms. The smallest absolute Gasteiger partial charge is 0.245 e. The van der Waals surface area contributed by atoms with Crippen LogP contribution in [0, 0.1) is 10.5 Å². The molecule has 2 aromatic rings. The number of aryl methyl sites for hydroxylation is 1. The van der Waals surface area contributed by atoms with E-state index in [0.717, 1.165) is 23.0 Å². The Labute approximate surface area is 172 Å². The zero-order chi connectivity index (χ0) is 19.7. The fourth-order valence-corrected chi connectivity index (χ4v) is 6.51. The van der Waals surface area contributed by atoms with E-state index in [2.05, 4.69) is 0 Å². The largest absolute Gasteiger partial charge is 0.456 e. The molecule has 0 bridgehead atoms. The number of nitrogens with zero attached hydrogens (tertiary/aromatic N) is 1. The Balaban J connectivity index is 2.39. The van der Waals surface area contributed by atoms with Crippen LogP contribution in [0.25, 0.3) is 0 Å². The molecule has 0 fully saturated rings. The van der Waals surface area contributed by atoms with Crippen LogP contribution in [0.4, 0.5) is 5.69 Å². The molecule has 0 aliphatic heterocycles. The van der Waals surface area contributed by atoms with Crippen LogP contribution in [0.5, 0.6) is 11.5 Å². The molecule has 0 spiro atoms. The Kier molecular flexibility index (Phi) is 6.52. The predicted octanol–water partition coefficient (Wildman–Crippen LogP) is 3.84. The summed E-state index contributed by atoms with van der Waals surface area (Å²) in [6, 6.07) is 10.1. The minimum absolute atomic E-state index is 0.0423. The number of anilines is 1. The number of sulfonamides is 2. The van der Waals surface area contributed by atoms with Crippen molar-refractivity contribution in [2.75, 3.05) is 22.5 Å². The Morgan fingerprint density at radius 2 is 1.62 bits per heavy atom. The van der Waals surface area contributed by atoms with E-state index in [1.165, 1.54) is 12.1 Å². The molecule has 0 amide bonds. The van der Waals surface area contributed by atoms with Gasteiger partial charge in [0.25, 0.3) is 0 Å². The molecule has 0 radical (unpaired) electrons. The average Bonchev–Trinajstić information content (AvgIpc) is 2.47. The summed E-state index contributed by atoms with van der Waals surface area (Å²) in [7, 11) is -7.96. The summed E-state index contributed by atoms with van der Waals surface area (Å²) in [4.78, 5) is 1.15. The summed E-state index contributed by atoms with van der Waals surface area (Å²) in [5.74, 6) is 1.15. The predicted molar refractivity (Wildman–Crippen MR) is 114 cm³/mol. The van der Waals surface area contributed by atoms with Crippen LogP contribution in [0.15, 0.2) is 41.3 Å². The molecule has 6 nitrogen and oxygen atoms in total. The van der Waals surface area contributed by atoms with Crippen LogP contribution in [0.2, 0.25) is 0 Å². The first-order chi connectivity index (χ1) is 11.9. The molecule has 0 atom stereocenters. The second kappa shape index (κ2) is 7.95. The Morgan fingerprint density at radius 3 is 2.08 bits per heavy atom. The zero-order valence-electron chi connectivity index (χ0n) is 14.6. The van der Waals surface area contributed by atoms with E-state index in [9.17, 15) is 16.8 Å². The van der Waals surface area contributed by atoms with E-state index in [0.29, 0.717) is 18.8 Å². The van der Waals surface area contributed by atoms with Crippen molar-refractivity contribution in [1.29, 1.82) is 0 Å². The topological polar surface area (TPSA) is 80.8 Å². The van der Waals surface area contributed by atoms with Gasteiger partial charge in [-0.2, -0.15) is 3.71 Å². The number of rotatable bonds is 6. The summed E-state index contributed by atoms with van der Waals surface area (Å²) < 4.78 is 54.4. The minimum atomic E-state index is -3.98.